The maximum Gasteiger partial charge on any atom is 0.253 e. The van der Waals surface area contributed by atoms with E-state index in [4.69, 9.17) is 0 Å². The molecule has 0 aliphatic carbocycles. The lowest BCUT2D eigenvalue weighted by Gasteiger charge is -2.30. The fourth-order valence-electron chi connectivity index (χ4n) is 4.33. The van der Waals surface area contributed by atoms with Crippen LogP contribution in [-0.2, 0) is 19.4 Å². The number of benzene rings is 2. The van der Waals surface area contributed by atoms with Gasteiger partial charge in [-0.2, -0.15) is 0 Å². The Morgan fingerprint density at radius 3 is 2.43 bits per heavy atom. The van der Waals surface area contributed by atoms with Crippen LogP contribution in [-0.4, -0.2) is 55.4 Å². The van der Waals surface area contributed by atoms with E-state index in [0.29, 0.717) is 10.4 Å². The third kappa shape index (κ3) is 5.16. The zero-order valence-corrected chi connectivity index (χ0v) is 21.6. The van der Waals surface area contributed by atoms with Gasteiger partial charge in [0.15, 0.2) is 9.84 Å². The van der Waals surface area contributed by atoms with Crippen molar-refractivity contribution in [1.29, 1.82) is 0 Å². The van der Waals surface area contributed by atoms with Gasteiger partial charge in [-0.1, -0.05) is 30.3 Å². The largest absolute Gasteiger partial charge is 0.338 e. The van der Waals surface area contributed by atoms with E-state index >= 15 is 0 Å². The maximum absolute atomic E-state index is 13.7. The number of rotatable bonds is 6. The number of hydrogen-bond donors (Lipinski definition) is 2. The fourth-order valence-corrected chi connectivity index (χ4v) is 8.35. The SMILES string of the molecule is CSc1ccc(-c2ccc(C3(CC(=O)NO)CCN(C(=O)c4ccccc4)CCS3(=O)=O)s2)cc1. The maximum atomic E-state index is 13.7. The van der Waals surface area contributed by atoms with Crippen molar-refractivity contribution in [3.63, 3.8) is 0 Å². The van der Waals surface area contributed by atoms with Gasteiger partial charge in [-0.3, -0.25) is 14.8 Å². The monoisotopic (exact) mass is 530 g/mol. The molecule has 2 amide bonds. The number of nitrogens with zero attached hydrogens (tertiary/aromatic N) is 1. The summed E-state index contributed by atoms with van der Waals surface area (Å²) < 4.78 is 25.9. The Morgan fingerprint density at radius 2 is 1.77 bits per heavy atom. The first-order valence-corrected chi connectivity index (χ1v) is 14.7. The molecule has 35 heavy (non-hydrogen) atoms. The fraction of sp³-hybridized carbons (Fsp3) is 0.280. The molecule has 1 unspecified atom stereocenters. The minimum atomic E-state index is -3.87. The average molecular weight is 531 g/mol. The molecule has 3 aromatic rings. The van der Waals surface area contributed by atoms with Crippen molar-refractivity contribution >= 4 is 44.8 Å². The van der Waals surface area contributed by atoms with Gasteiger partial charge in [0.2, 0.25) is 5.91 Å². The third-order valence-electron chi connectivity index (χ3n) is 6.32. The van der Waals surface area contributed by atoms with Crippen LogP contribution >= 0.6 is 23.1 Å². The molecule has 0 bridgehead atoms. The zero-order chi connectivity index (χ0) is 25.1. The van der Waals surface area contributed by atoms with Crippen molar-refractivity contribution in [1.82, 2.24) is 10.4 Å². The molecular formula is C25H26N2O5S3. The Kier molecular flexibility index (Phi) is 7.65. The minimum Gasteiger partial charge on any atom is -0.338 e. The Labute approximate surface area is 213 Å². The molecule has 4 rings (SSSR count). The Balaban J connectivity index is 1.71. The van der Waals surface area contributed by atoms with Crippen molar-refractivity contribution in [2.45, 2.75) is 22.5 Å². The molecule has 7 nitrogen and oxygen atoms in total. The number of thiophene rings is 1. The quantitative estimate of drug-likeness (QED) is 0.281. The van der Waals surface area contributed by atoms with Crippen LogP contribution in [0.4, 0.5) is 0 Å². The number of carbonyl (C=O) groups excluding carboxylic acids is 2. The molecule has 0 radical (unpaired) electrons. The number of hydrogen-bond acceptors (Lipinski definition) is 7. The lowest BCUT2D eigenvalue weighted by Crippen LogP contribution is -2.41. The van der Waals surface area contributed by atoms with Crippen LogP contribution in [0.25, 0.3) is 10.4 Å². The van der Waals surface area contributed by atoms with Crippen molar-refractivity contribution in [2.24, 2.45) is 0 Å². The first-order valence-electron chi connectivity index (χ1n) is 11.0. The number of sulfone groups is 1. The average Bonchev–Trinajstić information content (AvgIpc) is 3.34. The minimum absolute atomic E-state index is 0.0347. The van der Waals surface area contributed by atoms with Gasteiger partial charge in [0.1, 0.15) is 4.75 Å². The van der Waals surface area contributed by atoms with Gasteiger partial charge in [0.05, 0.1) is 12.2 Å². The number of carbonyl (C=O) groups is 2. The third-order valence-corrected chi connectivity index (χ3v) is 11.0. The molecule has 2 N–H and O–H groups in total. The summed E-state index contributed by atoms with van der Waals surface area (Å²) in [5.41, 5.74) is 3.03. The molecule has 0 saturated carbocycles. The summed E-state index contributed by atoms with van der Waals surface area (Å²) in [6, 6.07) is 20.3. The van der Waals surface area contributed by atoms with Crippen LogP contribution in [0, 0.1) is 0 Å². The van der Waals surface area contributed by atoms with Crippen LogP contribution in [0.5, 0.6) is 0 Å². The molecule has 0 spiro atoms. The van der Waals surface area contributed by atoms with Gasteiger partial charge in [-0.05, 0) is 54.6 Å². The van der Waals surface area contributed by atoms with Crippen molar-refractivity contribution in [3.05, 3.63) is 77.2 Å². The van der Waals surface area contributed by atoms with Crippen LogP contribution in [0.1, 0.15) is 28.1 Å². The number of nitrogens with one attached hydrogen (secondary N) is 1. The van der Waals surface area contributed by atoms with Crippen LogP contribution in [0.3, 0.4) is 0 Å². The van der Waals surface area contributed by atoms with Gasteiger partial charge < -0.3 is 4.90 Å². The van der Waals surface area contributed by atoms with E-state index in [9.17, 15) is 23.2 Å². The molecule has 1 aliphatic heterocycles. The summed E-state index contributed by atoms with van der Waals surface area (Å²) in [7, 11) is -3.87. The Morgan fingerprint density at radius 1 is 1.06 bits per heavy atom. The smallest absolute Gasteiger partial charge is 0.253 e. The van der Waals surface area contributed by atoms with Crippen molar-refractivity contribution in [2.75, 3.05) is 25.1 Å². The standard InChI is InChI=1S/C25H26N2O5S3/c1-33-20-9-7-18(8-10-20)21-11-12-22(34-21)25(17-23(28)26-30)13-14-27(15-16-35(25,31)32)24(29)19-5-3-2-4-6-19/h2-12,30H,13-17H2,1H3,(H,26,28). The Hall–Kier alpha value is -2.66. The van der Waals surface area contributed by atoms with Gasteiger partial charge in [-0.15, -0.1) is 23.1 Å². The van der Waals surface area contributed by atoms with E-state index in [-0.39, 0.29) is 31.2 Å². The first-order chi connectivity index (χ1) is 16.8. The summed E-state index contributed by atoms with van der Waals surface area (Å²) in [5, 5.41) is 9.23. The van der Waals surface area contributed by atoms with Gasteiger partial charge in [0, 0.05) is 33.3 Å². The van der Waals surface area contributed by atoms with Crippen molar-refractivity contribution in [3.8, 4) is 10.4 Å². The molecule has 184 valence electrons. The molecular weight excluding hydrogens is 504 g/mol. The highest BCUT2D eigenvalue weighted by molar-refractivity contribution is 7.98. The highest BCUT2D eigenvalue weighted by atomic mass is 32.2. The predicted molar refractivity (Wildman–Crippen MR) is 139 cm³/mol. The summed E-state index contributed by atoms with van der Waals surface area (Å²) in [6.07, 6.45) is 1.62. The molecule has 1 fully saturated rings. The van der Waals surface area contributed by atoms with E-state index in [2.05, 4.69) is 0 Å². The van der Waals surface area contributed by atoms with Gasteiger partial charge in [-0.25, -0.2) is 13.9 Å². The predicted octanol–water partition coefficient (Wildman–Crippen LogP) is 4.19. The highest BCUT2D eigenvalue weighted by Gasteiger charge is 2.49. The van der Waals surface area contributed by atoms with E-state index in [1.807, 2.05) is 42.7 Å². The van der Waals surface area contributed by atoms with E-state index in [1.165, 1.54) is 16.2 Å². The molecule has 2 aromatic carbocycles. The summed E-state index contributed by atoms with van der Waals surface area (Å²) in [6.45, 7) is 0.203. The van der Waals surface area contributed by atoms with E-state index in [0.717, 1.165) is 15.3 Å². The lowest BCUT2D eigenvalue weighted by atomic mass is 9.97. The van der Waals surface area contributed by atoms with Crippen LogP contribution < -0.4 is 5.48 Å². The topological polar surface area (TPSA) is 104 Å². The summed E-state index contributed by atoms with van der Waals surface area (Å²) in [5.74, 6) is -1.31. The second-order valence-corrected chi connectivity index (χ2v) is 12.7. The van der Waals surface area contributed by atoms with Crippen LogP contribution in [0.2, 0.25) is 0 Å². The Bertz CT molecular complexity index is 1310. The molecule has 1 aromatic heterocycles. The first kappa shape index (κ1) is 25.4. The molecule has 2 heterocycles. The number of thioether (sulfide) groups is 1. The van der Waals surface area contributed by atoms with Gasteiger partial charge in [0.25, 0.3) is 5.91 Å². The molecule has 10 heteroatoms. The number of hydroxylamine groups is 1. The van der Waals surface area contributed by atoms with Crippen molar-refractivity contribution < 1.29 is 23.2 Å². The molecule has 1 saturated heterocycles. The molecule has 1 aliphatic rings. The van der Waals surface area contributed by atoms with Crippen LogP contribution in [0.15, 0.2) is 71.6 Å². The zero-order valence-electron chi connectivity index (χ0n) is 19.1. The van der Waals surface area contributed by atoms with E-state index < -0.39 is 26.9 Å². The van der Waals surface area contributed by atoms with E-state index in [1.54, 1.807) is 47.6 Å². The second-order valence-electron chi connectivity index (χ2n) is 8.33. The van der Waals surface area contributed by atoms with Gasteiger partial charge >= 0.3 is 0 Å². The normalized spacial score (nSPS) is 19.7. The number of amides is 2. The summed E-state index contributed by atoms with van der Waals surface area (Å²) >= 11 is 2.96. The molecule has 1 atom stereocenters. The highest BCUT2D eigenvalue weighted by Crippen LogP contribution is 2.45. The summed E-state index contributed by atoms with van der Waals surface area (Å²) in [4.78, 5) is 29.4. The second kappa shape index (κ2) is 10.5. The lowest BCUT2D eigenvalue weighted by molar-refractivity contribution is -0.129.